The molecule has 0 spiro atoms. The number of halogens is 1. The van der Waals surface area contributed by atoms with Gasteiger partial charge in [-0.3, -0.25) is 0 Å². The van der Waals surface area contributed by atoms with E-state index in [0.29, 0.717) is 35.3 Å². The number of hydrogen-bond donors (Lipinski definition) is 1. The number of fused-ring (bicyclic) bond motifs is 1. The van der Waals surface area contributed by atoms with Gasteiger partial charge in [-0.1, -0.05) is 35.9 Å². The minimum atomic E-state index is -3.53. The Morgan fingerprint density at radius 3 is 2.58 bits per heavy atom. The molecule has 1 atom stereocenters. The highest BCUT2D eigenvalue weighted by Gasteiger charge is 2.20. The van der Waals surface area contributed by atoms with Crippen molar-refractivity contribution in [2.24, 2.45) is 0 Å². The molecule has 0 aliphatic carbocycles. The van der Waals surface area contributed by atoms with Crippen molar-refractivity contribution in [3.63, 3.8) is 0 Å². The van der Waals surface area contributed by atoms with E-state index in [-0.39, 0.29) is 5.75 Å². The fraction of sp³-hybridized carbons (Fsp3) is 0.294. The first-order valence-electron chi connectivity index (χ1n) is 7.57. The molecule has 0 unspecified atom stereocenters. The molecule has 0 bridgehead atoms. The lowest BCUT2D eigenvalue weighted by atomic mass is 10.1. The summed E-state index contributed by atoms with van der Waals surface area (Å²) in [4.78, 5) is 0. The van der Waals surface area contributed by atoms with Gasteiger partial charge in [-0.25, -0.2) is 13.1 Å². The molecule has 0 fully saturated rings. The minimum absolute atomic E-state index is 0.165. The molecule has 24 heavy (non-hydrogen) atoms. The van der Waals surface area contributed by atoms with Gasteiger partial charge in [-0.2, -0.15) is 0 Å². The van der Waals surface area contributed by atoms with Crippen LogP contribution in [0.2, 0.25) is 5.02 Å². The molecule has 0 radical (unpaired) electrons. The van der Waals surface area contributed by atoms with Gasteiger partial charge >= 0.3 is 0 Å². The minimum Gasteiger partial charge on any atom is -0.486 e. The smallest absolute Gasteiger partial charge is 0.216 e. The normalized spacial score (nSPS) is 15.1. The fourth-order valence-electron chi connectivity index (χ4n) is 2.53. The second kappa shape index (κ2) is 7.01. The summed E-state index contributed by atoms with van der Waals surface area (Å²) >= 11 is 6.04. The van der Waals surface area contributed by atoms with Crippen LogP contribution in [-0.2, 0) is 15.8 Å². The van der Waals surface area contributed by atoms with Gasteiger partial charge in [0.15, 0.2) is 11.5 Å². The zero-order valence-electron chi connectivity index (χ0n) is 13.2. The fourth-order valence-corrected chi connectivity index (χ4v) is 4.23. The molecule has 7 heteroatoms. The Morgan fingerprint density at radius 2 is 1.83 bits per heavy atom. The Morgan fingerprint density at radius 1 is 1.12 bits per heavy atom. The van der Waals surface area contributed by atoms with Crippen molar-refractivity contribution in [2.75, 3.05) is 13.2 Å². The van der Waals surface area contributed by atoms with Crippen LogP contribution in [0.25, 0.3) is 0 Å². The largest absolute Gasteiger partial charge is 0.486 e. The zero-order chi connectivity index (χ0) is 17.2. The molecule has 1 heterocycles. The van der Waals surface area contributed by atoms with Crippen LogP contribution in [0.4, 0.5) is 0 Å². The molecule has 1 aliphatic rings. The van der Waals surface area contributed by atoms with E-state index in [0.717, 1.165) is 5.56 Å². The van der Waals surface area contributed by atoms with E-state index in [4.69, 9.17) is 21.1 Å². The van der Waals surface area contributed by atoms with Crippen LogP contribution in [-0.4, -0.2) is 21.6 Å². The van der Waals surface area contributed by atoms with Crippen molar-refractivity contribution in [2.45, 2.75) is 18.7 Å². The van der Waals surface area contributed by atoms with Gasteiger partial charge in [0.05, 0.1) is 5.75 Å². The van der Waals surface area contributed by atoms with E-state index >= 15 is 0 Å². The van der Waals surface area contributed by atoms with Crippen molar-refractivity contribution in [1.29, 1.82) is 0 Å². The number of sulfonamides is 1. The monoisotopic (exact) mass is 367 g/mol. The third-order valence-corrected chi connectivity index (χ3v) is 5.50. The Labute approximate surface area is 146 Å². The van der Waals surface area contributed by atoms with Crippen LogP contribution in [0.3, 0.4) is 0 Å². The standard InChI is InChI=1S/C17H18ClNO4S/c1-12(13-6-7-16-17(10-13)23-9-8-22-16)19-24(20,21)11-14-4-2-3-5-15(14)18/h2-7,10,12,19H,8-9,11H2,1H3/t12-/m1/s1. The highest BCUT2D eigenvalue weighted by atomic mass is 35.5. The summed E-state index contributed by atoms with van der Waals surface area (Å²) in [5.74, 6) is 1.15. The van der Waals surface area contributed by atoms with E-state index in [1.54, 1.807) is 43.3 Å². The maximum atomic E-state index is 12.4. The maximum Gasteiger partial charge on any atom is 0.216 e. The number of benzene rings is 2. The number of nitrogens with one attached hydrogen (secondary N) is 1. The molecule has 1 aliphatic heterocycles. The Balaban J connectivity index is 1.74. The molecule has 0 saturated carbocycles. The lowest BCUT2D eigenvalue weighted by Gasteiger charge is -2.21. The lowest BCUT2D eigenvalue weighted by molar-refractivity contribution is 0.171. The summed E-state index contributed by atoms with van der Waals surface area (Å²) in [7, 11) is -3.53. The number of hydrogen-bond acceptors (Lipinski definition) is 4. The molecular formula is C17H18ClNO4S. The van der Waals surface area contributed by atoms with Crippen LogP contribution in [0, 0.1) is 0 Å². The van der Waals surface area contributed by atoms with Crippen molar-refractivity contribution in [1.82, 2.24) is 4.72 Å². The Bertz CT molecular complexity index is 838. The molecule has 1 N–H and O–H groups in total. The first-order chi connectivity index (χ1) is 11.4. The number of rotatable bonds is 5. The van der Waals surface area contributed by atoms with Gasteiger partial charge in [0, 0.05) is 11.1 Å². The summed E-state index contributed by atoms with van der Waals surface area (Å²) in [6, 6.07) is 11.9. The molecule has 0 aromatic heterocycles. The van der Waals surface area contributed by atoms with E-state index in [9.17, 15) is 8.42 Å². The highest BCUT2D eigenvalue weighted by molar-refractivity contribution is 7.88. The SMILES string of the molecule is C[C@@H](NS(=O)(=O)Cc1ccccc1Cl)c1ccc2c(c1)OCCO2. The van der Waals surface area contributed by atoms with Crippen LogP contribution >= 0.6 is 11.6 Å². The topological polar surface area (TPSA) is 64.6 Å². The quantitative estimate of drug-likeness (QED) is 0.880. The van der Waals surface area contributed by atoms with E-state index in [1.165, 1.54) is 0 Å². The van der Waals surface area contributed by atoms with Crippen LogP contribution in [0.5, 0.6) is 11.5 Å². The predicted molar refractivity (Wildman–Crippen MR) is 93.1 cm³/mol. The average molecular weight is 368 g/mol. The van der Waals surface area contributed by atoms with Gasteiger partial charge < -0.3 is 9.47 Å². The predicted octanol–water partition coefficient (Wildman–Crippen LogP) is 3.29. The van der Waals surface area contributed by atoms with Crippen LogP contribution < -0.4 is 14.2 Å². The van der Waals surface area contributed by atoms with Gasteiger partial charge in [-0.05, 0) is 36.2 Å². The van der Waals surface area contributed by atoms with Gasteiger partial charge in [0.2, 0.25) is 10.0 Å². The molecule has 5 nitrogen and oxygen atoms in total. The first kappa shape index (κ1) is 17.1. The van der Waals surface area contributed by atoms with Crippen LogP contribution in [0.15, 0.2) is 42.5 Å². The maximum absolute atomic E-state index is 12.4. The first-order valence-corrected chi connectivity index (χ1v) is 9.60. The lowest BCUT2D eigenvalue weighted by Crippen LogP contribution is -2.28. The molecule has 0 amide bonds. The summed E-state index contributed by atoms with van der Waals surface area (Å²) in [6.45, 7) is 2.80. The molecule has 2 aromatic rings. The second-order valence-corrected chi connectivity index (χ2v) is 7.75. The van der Waals surface area contributed by atoms with Crippen molar-refractivity contribution in [3.8, 4) is 11.5 Å². The second-order valence-electron chi connectivity index (χ2n) is 5.59. The molecule has 2 aromatic carbocycles. The molecular weight excluding hydrogens is 350 g/mol. The summed E-state index contributed by atoms with van der Waals surface area (Å²) < 4.78 is 38.5. The van der Waals surface area contributed by atoms with Crippen molar-refractivity contribution in [3.05, 3.63) is 58.6 Å². The third kappa shape index (κ3) is 4.01. The van der Waals surface area contributed by atoms with Crippen LogP contribution in [0.1, 0.15) is 24.1 Å². The Hall–Kier alpha value is -1.76. The third-order valence-electron chi connectivity index (χ3n) is 3.73. The Kier molecular flexibility index (Phi) is 4.99. The van der Waals surface area contributed by atoms with Gasteiger partial charge in [0.1, 0.15) is 13.2 Å². The van der Waals surface area contributed by atoms with Gasteiger partial charge in [0.25, 0.3) is 0 Å². The van der Waals surface area contributed by atoms with E-state index in [1.807, 2.05) is 6.07 Å². The highest BCUT2D eigenvalue weighted by Crippen LogP contribution is 2.32. The summed E-state index contributed by atoms with van der Waals surface area (Å²) in [5, 5.41) is 0.440. The average Bonchev–Trinajstić information content (AvgIpc) is 2.56. The van der Waals surface area contributed by atoms with E-state index in [2.05, 4.69) is 4.72 Å². The summed E-state index contributed by atoms with van der Waals surface area (Å²) in [6.07, 6.45) is 0. The molecule has 0 saturated heterocycles. The zero-order valence-corrected chi connectivity index (χ0v) is 14.7. The van der Waals surface area contributed by atoms with Crippen molar-refractivity contribution < 1.29 is 17.9 Å². The molecule has 3 rings (SSSR count). The summed E-state index contributed by atoms with van der Waals surface area (Å²) in [5.41, 5.74) is 1.38. The number of ether oxygens (including phenoxy) is 2. The van der Waals surface area contributed by atoms with Crippen molar-refractivity contribution >= 4 is 21.6 Å². The van der Waals surface area contributed by atoms with E-state index < -0.39 is 16.1 Å². The van der Waals surface area contributed by atoms with Gasteiger partial charge in [-0.15, -0.1) is 0 Å². The molecule has 128 valence electrons.